The van der Waals surface area contributed by atoms with Gasteiger partial charge in [0.1, 0.15) is 23.0 Å². The molecule has 3 rings (SSSR count). The van der Waals surface area contributed by atoms with Gasteiger partial charge in [0.15, 0.2) is 0 Å². The molecular weight excluding hydrogens is 250 g/mol. The molecule has 1 atom stereocenters. The molecule has 0 fully saturated rings. The maximum Gasteiger partial charge on any atom is 0.135 e. The summed E-state index contributed by atoms with van der Waals surface area (Å²) in [6.07, 6.45) is 3.05. The van der Waals surface area contributed by atoms with Crippen LogP contribution in [0.15, 0.2) is 28.9 Å². The van der Waals surface area contributed by atoms with E-state index >= 15 is 0 Å². The number of aryl methyl sites for hydroxylation is 2. The molecule has 0 saturated carbocycles. The Morgan fingerprint density at radius 2 is 2.05 bits per heavy atom. The van der Waals surface area contributed by atoms with Gasteiger partial charge >= 0.3 is 0 Å². The molecule has 1 aliphatic carbocycles. The van der Waals surface area contributed by atoms with Crippen molar-refractivity contribution in [3.63, 3.8) is 0 Å². The molecule has 0 aliphatic heterocycles. The predicted molar refractivity (Wildman–Crippen MR) is 65.7 cm³/mol. The third-order valence-electron chi connectivity index (χ3n) is 3.83. The Kier molecular flexibility index (Phi) is 2.71. The summed E-state index contributed by atoms with van der Waals surface area (Å²) in [4.78, 5) is 0. The molecule has 1 heterocycles. The lowest BCUT2D eigenvalue weighted by molar-refractivity contribution is 0.0513. The molecule has 0 radical (unpaired) electrons. The monoisotopic (exact) mass is 264 g/mol. The number of hydrogen-bond acceptors (Lipinski definition) is 2. The SMILES string of the molecule is Cc1ccc(F)c(C2(O)CCCc3occc32)c1F. The first-order chi connectivity index (χ1) is 9.04. The Labute approximate surface area is 109 Å². The quantitative estimate of drug-likeness (QED) is 0.856. The molecular formula is C15H14F2O2. The first-order valence-electron chi connectivity index (χ1n) is 6.28. The van der Waals surface area contributed by atoms with E-state index in [9.17, 15) is 13.9 Å². The van der Waals surface area contributed by atoms with Gasteiger partial charge in [0, 0.05) is 12.0 Å². The molecule has 100 valence electrons. The van der Waals surface area contributed by atoms with Crippen molar-refractivity contribution >= 4 is 0 Å². The fourth-order valence-corrected chi connectivity index (χ4v) is 2.84. The van der Waals surface area contributed by atoms with E-state index in [2.05, 4.69) is 0 Å². The average Bonchev–Trinajstić information content (AvgIpc) is 2.84. The number of benzene rings is 1. The van der Waals surface area contributed by atoms with Gasteiger partial charge in [-0.2, -0.15) is 0 Å². The van der Waals surface area contributed by atoms with Crippen LogP contribution in [0.2, 0.25) is 0 Å². The zero-order valence-corrected chi connectivity index (χ0v) is 10.5. The van der Waals surface area contributed by atoms with E-state index in [1.807, 2.05) is 0 Å². The van der Waals surface area contributed by atoms with Crippen LogP contribution in [0.3, 0.4) is 0 Å². The first kappa shape index (κ1) is 12.4. The minimum Gasteiger partial charge on any atom is -0.469 e. The van der Waals surface area contributed by atoms with E-state index in [0.717, 1.165) is 0 Å². The standard InChI is InChI=1S/C15H14F2O2/c1-9-4-5-11(16)13(14(9)17)15(18)7-2-3-12-10(15)6-8-19-12/h4-6,8,18H,2-3,7H2,1H3. The maximum atomic E-state index is 14.3. The van der Waals surface area contributed by atoms with Crippen molar-refractivity contribution in [1.29, 1.82) is 0 Å². The van der Waals surface area contributed by atoms with Crippen molar-refractivity contribution in [2.45, 2.75) is 31.8 Å². The summed E-state index contributed by atoms with van der Waals surface area (Å²) >= 11 is 0. The van der Waals surface area contributed by atoms with E-state index in [1.165, 1.54) is 18.4 Å². The number of halogens is 2. The summed E-state index contributed by atoms with van der Waals surface area (Å²) in [5, 5.41) is 10.8. The second-order valence-electron chi connectivity index (χ2n) is 5.02. The van der Waals surface area contributed by atoms with Gasteiger partial charge in [-0.05, 0) is 37.5 Å². The van der Waals surface area contributed by atoms with E-state index < -0.39 is 17.2 Å². The van der Waals surface area contributed by atoms with Gasteiger partial charge in [-0.15, -0.1) is 0 Å². The highest BCUT2D eigenvalue weighted by molar-refractivity contribution is 5.42. The van der Waals surface area contributed by atoms with Crippen molar-refractivity contribution in [2.75, 3.05) is 0 Å². The van der Waals surface area contributed by atoms with E-state index in [0.29, 0.717) is 29.7 Å². The van der Waals surface area contributed by atoms with E-state index in [-0.39, 0.29) is 12.0 Å². The van der Waals surface area contributed by atoms with Crippen LogP contribution < -0.4 is 0 Å². The lowest BCUT2D eigenvalue weighted by atomic mass is 9.77. The zero-order valence-electron chi connectivity index (χ0n) is 10.5. The van der Waals surface area contributed by atoms with Crippen LogP contribution in [0.1, 0.15) is 35.3 Å². The molecule has 1 aromatic carbocycles. The van der Waals surface area contributed by atoms with Gasteiger partial charge in [0.2, 0.25) is 0 Å². The normalized spacial score (nSPS) is 22.3. The average molecular weight is 264 g/mol. The molecule has 1 aromatic heterocycles. The number of fused-ring (bicyclic) bond motifs is 1. The van der Waals surface area contributed by atoms with Gasteiger partial charge in [-0.3, -0.25) is 0 Å². The molecule has 1 unspecified atom stereocenters. The van der Waals surface area contributed by atoms with Gasteiger partial charge < -0.3 is 9.52 Å². The largest absolute Gasteiger partial charge is 0.469 e. The molecule has 0 amide bonds. The lowest BCUT2D eigenvalue weighted by Crippen LogP contribution is -2.33. The van der Waals surface area contributed by atoms with Crippen molar-refractivity contribution in [3.8, 4) is 0 Å². The summed E-state index contributed by atoms with van der Waals surface area (Å²) in [6, 6.07) is 4.16. The molecule has 0 saturated heterocycles. The summed E-state index contributed by atoms with van der Waals surface area (Å²) in [6.45, 7) is 1.56. The third-order valence-corrected chi connectivity index (χ3v) is 3.83. The summed E-state index contributed by atoms with van der Waals surface area (Å²) in [5.74, 6) is -0.801. The Bertz CT molecular complexity index is 633. The fourth-order valence-electron chi connectivity index (χ4n) is 2.84. The molecule has 4 heteroatoms. The molecule has 2 aromatic rings. The molecule has 1 N–H and O–H groups in total. The van der Waals surface area contributed by atoms with E-state index in [1.54, 1.807) is 13.0 Å². The van der Waals surface area contributed by atoms with Crippen molar-refractivity contribution < 1.29 is 18.3 Å². The van der Waals surface area contributed by atoms with Crippen LogP contribution in [0.25, 0.3) is 0 Å². The zero-order chi connectivity index (χ0) is 13.6. The minimum atomic E-state index is -1.64. The van der Waals surface area contributed by atoms with Gasteiger partial charge in [-0.25, -0.2) is 8.78 Å². The second-order valence-corrected chi connectivity index (χ2v) is 5.02. The van der Waals surface area contributed by atoms with Crippen molar-refractivity contribution in [3.05, 3.63) is 58.5 Å². The molecule has 2 nitrogen and oxygen atoms in total. The van der Waals surface area contributed by atoms with Crippen LogP contribution in [-0.2, 0) is 12.0 Å². The Balaban J connectivity index is 2.26. The number of rotatable bonds is 1. The van der Waals surface area contributed by atoms with Crippen LogP contribution >= 0.6 is 0 Å². The van der Waals surface area contributed by atoms with Crippen LogP contribution in [-0.4, -0.2) is 5.11 Å². The van der Waals surface area contributed by atoms with Crippen LogP contribution in [0, 0.1) is 18.6 Å². The van der Waals surface area contributed by atoms with Gasteiger partial charge in [0.05, 0.1) is 11.8 Å². The number of hydrogen-bond donors (Lipinski definition) is 1. The molecule has 0 spiro atoms. The van der Waals surface area contributed by atoms with E-state index in [4.69, 9.17) is 4.42 Å². The number of furan rings is 1. The highest BCUT2D eigenvalue weighted by Gasteiger charge is 2.42. The fraction of sp³-hybridized carbons (Fsp3) is 0.333. The minimum absolute atomic E-state index is 0.269. The maximum absolute atomic E-state index is 14.3. The van der Waals surface area contributed by atoms with Crippen LogP contribution in [0.4, 0.5) is 8.78 Å². The van der Waals surface area contributed by atoms with Gasteiger partial charge in [0.25, 0.3) is 0 Å². The summed E-state index contributed by atoms with van der Waals surface area (Å²) < 4.78 is 33.6. The Morgan fingerprint density at radius 3 is 2.84 bits per heavy atom. The Morgan fingerprint density at radius 1 is 1.26 bits per heavy atom. The molecule has 1 aliphatic rings. The van der Waals surface area contributed by atoms with Crippen molar-refractivity contribution in [2.24, 2.45) is 0 Å². The lowest BCUT2D eigenvalue weighted by Gasteiger charge is -2.33. The summed E-state index contributed by atoms with van der Waals surface area (Å²) in [5.41, 5.74) is -1.11. The first-order valence-corrected chi connectivity index (χ1v) is 6.28. The summed E-state index contributed by atoms with van der Waals surface area (Å²) in [7, 11) is 0. The Hall–Kier alpha value is -1.68. The van der Waals surface area contributed by atoms with Crippen molar-refractivity contribution in [1.82, 2.24) is 0 Å². The van der Waals surface area contributed by atoms with Gasteiger partial charge in [-0.1, -0.05) is 6.07 Å². The third kappa shape index (κ3) is 1.70. The smallest absolute Gasteiger partial charge is 0.135 e. The number of aliphatic hydroxyl groups is 1. The molecule has 19 heavy (non-hydrogen) atoms. The topological polar surface area (TPSA) is 33.4 Å². The highest BCUT2D eigenvalue weighted by Crippen LogP contribution is 2.43. The molecule has 0 bridgehead atoms. The predicted octanol–water partition coefficient (Wildman–Crippen LogP) is 3.44. The van der Waals surface area contributed by atoms with Crippen LogP contribution in [0.5, 0.6) is 0 Å². The second kappa shape index (κ2) is 4.17. The highest BCUT2D eigenvalue weighted by atomic mass is 19.1.